The Morgan fingerprint density at radius 2 is 2.24 bits per heavy atom. The van der Waals surface area contributed by atoms with Gasteiger partial charge in [0, 0.05) is 12.6 Å². The van der Waals surface area contributed by atoms with Crippen LogP contribution in [0.15, 0.2) is 0 Å². The number of carbonyl (C=O) groups is 1. The number of hydrogen-bond acceptors (Lipinski definition) is 3. The molecule has 0 aromatic carbocycles. The summed E-state index contributed by atoms with van der Waals surface area (Å²) < 4.78 is 5.62. The van der Waals surface area contributed by atoms with E-state index in [-0.39, 0.29) is 23.5 Å². The summed E-state index contributed by atoms with van der Waals surface area (Å²) in [6.45, 7) is 8.88. The number of carbonyl (C=O) groups excluding carboxylic acids is 1. The fourth-order valence-corrected chi connectivity index (χ4v) is 2.16. The minimum absolute atomic E-state index is 0.0259. The van der Waals surface area contributed by atoms with E-state index in [2.05, 4.69) is 26.1 Å². The van der Waals surface area contributed by atoms with Gasteiger partial charge in [0.15, 0.2) is 0 Å². The van der Waals surface area contributed by atoms with E-state index in [1.165, 1.54) is 0 Å². The van der Waals surface area contributed by atoms with Crippen LogP contribution in [0.3, 0.4) is 0 Å². The third-order valence-electron chi connectivity index (χ3n) is 3.60. The van der Waals surface area contributed by atoms with Gasteiger partial charge in [-0.25, -0.2) is 0 Å². The molecular weight excluding hydrogens is 216 g/mol. The molecule has 4 heteroatoms. The predicted octanol–water partition coefficient (Wildman–Crippen LogP) is 1.43. The van der Waals surface area contributed by atoms with Crippen LogP contribution in [0.1, 0.15) is 47.0 Å². The normalized spacial score (nSPS) is 27.2. The van der Waals surface area contributed by atoms with Gasteiger partial charge in [-0.3, -0.25) is 4.79 Å². The van der Waals surface area contributed by atoms with Crippen LogP contribution in [0.4, 0.5) is 0 Å². The van der Waals surface area contributed by atoms with Crippen molar-refractivity contribution in [3.05, 3.63) is 0 Å². The molecule has 1 heterocycles. The van der Waals surface area contributed by atoms with Gasteiger partial charge >= 0.3 is 0 Å². The Kier molecular flexibility index (Phi) is 4.95. The molecule has 1 fully saturated rings. The zero-order chi connectivity index (χ0) is 13.1. The van der Waals surface area contributed by atoms with Gasteiger partial charge in [-0.15, -0.1) is 0 Å². The summed E-state index contributed by atoms with van der Waals surface area (Å²) >= 11 is 0. The predicted molar refractivity (Wildman–Crippen MR) is 68.6 cm³/mol. The molecule has 0 aliphatic carbocycles. The van der Waals surface area contributed by atoms with Gasteiger partial charge < -0.3 is 15.8 Å². The van der Waals surface area contributed by atoms with E-state index in [9.17, 15) is 4.79 Å². The smallest absolute Gasteiger partial charge is 0.237 e. The summed E-state index contributed by atoms with van der Waals surface area (Å²) in [6, 6.07) is -0.202. The van der Waals surface area contributed by atoms with Crippen molar-refractivity contribution in [3.8, 4) is 0 Å². The van der Waals surface area contributed by atoms with Crippen LogP contribution in [-0.4, -0.2) is 30.2 Å². The Balaban J connectivity index is 2.46. The van der Waals surface area contributed by atoms with E-state index in [0.29, 0.717) is 6.61 Å². The molecule has 1 rings (SSSR count). The maximum Gasteiger partial charge on any atom is 0.237 e. The van der Waals surface area contributed by atoms with Crippen molar-refractivity contribution < 1.29 is 9.53 Å². The zero-order valence-electron chi connectivity index (χ0n) is 11.5. The maximum absolute atomic E-state index is 11.9. The first-order valence-electron chi connectivity index (χ1n) is 6.55. The van der Waals surface area contributed by atoms with Crippen molar-refractivity contribution in [2.75, 3.05) is 6.61 Å². The quantitative estimate of drug-likeness (QED) is 0.784. The summed E-state index contributed by atoms with van der Waals surface area (Å²) in [5.41, 5.74) is 5.77. The van der Waals surface area contributed by atoms with Crippen LogP contribution in [-0.2, 0) is 9.53 Å². The van der Waals surface area contributed by atoms with E-state index in [0.717, 1.165) is 19.3 Å². The Morgan fingerprint density at radius 1 is 1.59 bits per heavy atom. The van der Waals surface area contributed by atoms with Gasteiger partial charge in [0.2, 0.25) is 5.91 Å². The Bertz CT molecular complexity index is 266. The molecule has 1 amide bonds. The summed E-state index contributed by atoms with van der Waals surface area (Å²) in [6.07, 6.45) is 2.65. The second kappa shape index (κ2) is 5.83. The second-order valence-electron chi connectivity index (χ2n) is 5.72. The number of ether oxygens (including phenoxy) is 1. The van der Waals surface area contributed by atoms with E-state index < -0.39 is 6.04 Å². The molecular formula is C13H26N2O2. The lowest BCUT2D eigenvalue weighted by molar-refractivity contribution is -0.126. The van der Waals surface area contributed by atoms with Crippen molar-refractivity contribution in [1.29, 1.82) is 0 Å². The molecule has 100 valence electrons. The number of nitrogens with one attached hydrogen (secondary N) is 1. The highest BCUT2D eigenvalue weighted by atomic mass is 16.5. The fraction of sp³-hybridized carbons (Fsp3) is 0.923. The number of rotatable bonds is 4. The highest BCUT2D eigenvalue weighted by Crippen LogP contribution is 2.24. The summed E-state index contributed by atoms with van der Waals surface area (Å²) in [5, 5.41) is 3.05. The average molecular weight is 242 g/mol. The standard InChI is InChI=1S/C13H26N2O2/c1-5-9(2)11(14)12(16)15-10-6-7-17-13(3,4)8-10/h9-11H,5-8,14H2,1-4H3,(H,15,16). The SMILES string of the molecule is CCC(C)C(N)C(=O)NC1CCOC(C)(C)C1. The first-order chi connectivity index (χ1) is 7.85. The monoisotopic (exact) mass is 242 g/mol. The van der Waals surface area contributed by atoms with E-state index in [1.54, 1.807) is 0 Å². The lowest BCUT2D eigenvalue weighted by Gasteiger charge is -2.36. The lowest BCUT2D eigenvalue weighted by Crippen LogP contribution is -2.52. The molecule has 1 aliphatic rings. The molecule has 3 N–H and O–H groups in total. The number of nitrogens with two attached hydrogens (primary N) is 1. The molecule has 0 saturated carbocycles. The molecule has 0 aromatic rings. The molecule has 0 spiro atoms. The van der Waals surface area contributed by atoms with Crippen molar-refractivity contribution in [3.63, 3.8) is 0 Å². The molecule has 0 aromatic heterocycles. The van der Waals surface area contributed by atoms with Crippen LogP contribution in [0.5, 0.6) is 0 Å². The van der Waals surface area contributed by atoms with Crippen molar-refractivity contribution >= 4 is 5.91 Å². The number of amides is 1. The summed E-state index contributed by atoms with van der Waals surface area (Å²) in [5.74, 6) is 0.199. The Morgan fingerprint density at radius 3 is 2.76 bits per heavy atom. The Labute approximate surface area is 104 Å². The molecule has 3 unspecified atom stereocenters. The second-order valence-corrected chi connectivity index (χ2v) is 5.72. The minimum atomic E-state index is -0.397. The van der Waals surface area contributed by atoms with Crippen molar-refractivity contribution in [1.82, 2.24) is 5.32 Å². The van der Waals surface area contributed by atoms with Crippen LogP contribution in [0.25, 0.3) is 0 Å². The third-order valence-corrected chi connectivity index (χ3v) is 3.60. The Hall–Kier alpha value is -0.610. The third kappa shape index (κ3) is 4.28. The van der Waals surface area contributed by atoms with Gasteiger partial charge in [0.25, 0.3) is 0 Å². The van der Waals surface area contributed by atoms with Gasteiger partial charge in [0.05, 0.1) is 11.6 Å². The van der Waals surface area contributed by atoms with E-state index in [1.807, 2.05) is 6.92 Å². The van der Waals surface area contributed by atoms with Crippen LogP contribution in [0.2, 0.25) is 0 Å². The highest BCUT2D eigenvalue weighted by Gasteiger charge is 2.31. The van der Waals surface area contributed by atoms with Gasteiger partial charge in [-0.05, 0) is 32.6 Å². The lowest BCUT2D eigenvalue weighted by atomic mass is 9.93. The molecule has 1 aliphatic heterocycles. The zero-order valence-corrected chi connectivity index (χ0v) is 11.5. The molecule has 0 radical (unpaired) electrons. The molecule has 1 saturated heterocycles. The largest absolute Gasteiger partial charge is 0.375 e. The minimum Gasteiger partial charge on any atom is -0.375 e. The van der Waals surface area contributed by atoms with Gasteiger partial charge in [-0.1, -0.05) is 20.3 Å². The van der Waals surface area contributed by atoms with Gasteiger partial charge in [0.1, 0.15) is 0 Å². The first-order valence-corrected chi connectivity index (χ1v) is 6.55. The van der Waals surface area contributed by atoms with Crippen molar-refractivity contribution in [2.45, 2.75) is 64.6 Å². The van der Waals surface area contributed by atoms with E-state index >= 15 is 0 Å². The van der Waals surface area contributed by atoms with Gasteiger partial charge in [-0.2, -0.15) is 0 Å². The average Bonchev–Trinajstić information content (AvgIpc) is 2.25. The van der Waals surface area contributed by atoms with Crippen LogP contribution < -0.4 is 11.1 Å². The highest BCUT2D eigenvalue weighted by molar-refractivity contribution is 5.82. The summed E-state index contributed by atoms with van der Waals surface area (Å²) in [4.78, 5) is 11.9. The molecule has 0 bridgehead atoms. The molecule has 17 heavy (non-hydrogen) atoms. The molecule has 4 nitrogen and oxygen atoms in total. The number of hydrogen-bond donors (Lipinski definition) is 2. The van der Waals surface area contributed by atoms with Crippen LogP contribution in [0, 0.1) is 5.92 Å². The molecule has 3 atom stereocenters. The fourth-order valence-electron chi connectivity index (χ4n) is 2.16. The van der Waals surface area contributed by atoms with Crippen LogP contribution >= 0.6 is 0 Å². The van der Waals surface area contributed by atoms with Crippen molar-refractivity contribution in [2.24, 2.45) is 11.7 Å². The topological polar surface area (TPSA) is 64.4 Å². The maximum atomic E-state index is 11.9. The van der Waals surface area contributed by atoms with E-state index in [4.69, 9.17) is 10.5 Å². The first kappa shape index (κ1) is 14.5. The summed E-state index contributed by atoms with van der Waals surface area (Å²) in [7, 11) is 0.